The standard InChI is InChI=1S/C15H29NO3/c1-14(2,16)12(13(17)15(3,4)18)10-19-11-8-6-5-7-9-11/h11-12,18H,5-10,16H2,1-4H3/t12-/m0/s1. The summed E-state index contributed by atoms with van der Waals surface area (Å²) >= 11 is 0. The number of hydrogen-bond acceptors (Lipinski definition) is 4. The lowest BCUT2D eigenvalue weighted by Crippen LogP contribution is -2.53. The Balaban J connectivity index is 2.62. The molecule has 0 aliphatic heterocycles. The van der Waals surface area contributed by atoms with E-state index in [1.807, 2.05) is 13.8 Å². The van der Waals surface area contributed by atoms with Gasteiger partial charge in [-0.2, -0.15) is 0 Å². The molecule has 0 aromatic rings. The molecule has 0 heterocycles. The Morgan fingerprint density at radius 2 is 1.79 bits per heavy atom. The lowest BCUT2D eigenvalue weighted by Gasteiger charge is -2.34. The van der Waals surface area contributed by atoms with E-state index in [2.05, 4.69) is 0 Å². The zero-order valence-corrected chi connectivity index (χ0v) is 12.7. The highest BCUT2D eigenvalue weighted by atomic mass is 16.5. The van der Waals surface area contributed by atoms with Gasteiger partial charge in [0.1, 0.15) is 5.60 Å². The van der Waals surface area contributed by atoms with E-state index < -0.39 is 17.1 Å². The van der Waals surface area contributed by atoms with Crippen LogP contribution in [-0.2, 0) is 9.53 Å². The van der Waals surface area contributed by atoms with E-state index in [9.17, 15) is 9.90 Å². The molecule has 0 bridgehead atoms. The lowest BCUT2D eigenvalue weighted by atomic mass is 9.80. The van der Waals surface area contributed by atoms with Crippen molar-refractivity contribution in [3.8, 4) is 0 Å². The van der Waals surface area contributed by atoms with Crippen LogP contribution in [0.15, 0.2) is 0 Å². The summed E-state index contributed by atoms with van der Waals surface area (Å²) in [5.74, 6) is -0.717. The summed E-state index contributed by atoms with van der Waals surface area (Å²) in [5, 5.41) is 9.90. The third-order valence-electron chi connectivity index (χ3n) is 3.87. The fourth-order valence-electron chi connectivity index (χ4n) is 2.52. The van der Waals surface area contributed by atoms with Gasteiger partial charge in [0.05, 0.1) is 18.6 Å². The van der Waals surface area contributed by atoms with Crippen LogP contribution in [0.4, 0.5) is 0 Å². The molecule has 0 unspecified atom stereocenters. The molecule has 112 valence electrons. The molecule has 1 rings (SSSR count). The van der Waals surface area contributed by atoms with Crippen molar-refractivity contribution in [3.05, 3.63) is 0 Å². The highest BCUT2D eigenvalue weighted by molar-refractivity contribution is 5.89. The predicted octanol–water partition coefficient (Wildman–Crippen LogP) is 2.03. The maximum Gasteiger partial charge on any atom is 0.170 e. The molecule has 4 heteroatoms. The zero-order chi connectivity index (χ0) is 14.7. The van der Waals surface area contributed by atoms with Gasteiger partial charge in [-0.15, -0.1) is 0 Å². The SMILES string of the molecule is CC(C)(O)C(=O)[C@H](COC1CCCCC1)C(C)(C)N. The second kappa shape index (κ2) is 6.33. The first-order chi connectivity index (χ1) is 8.62. The van der Waals surface area contributed by atoms with Crippen LogP contribution in [0, 0.1) is 5.92 Å². The summed E-state index contributed by atoms with van der Waals surface area (Å²) in [7, 11) is 0. The molecule has 1 atom stereocenters. The minimum Gasteiger partial charge on any atom is -0.383 e. The summed E-state index contributed by atoms with van der Waals surface area (Å²) < 4.78 is 5.88. The number of ether oxygens (including phenoxy) is 1. The Morgan fingerprint density at radius 3 is 2.21 bits per heavy atom. The molecule has 1 fully saturated rings. The highest BCUT2D eigenvalue weighted by Crippen LogP contribution is 2.25. The molecule has 1 saturated carbocycles. The maximum atomic E-state index is 12.3. The van der Waals surface area contributed by atoms with Gasteiger partial charge >= 0.3 is 0 Å². The van der Waals surface area contributed by atoms with Crippen molar-refractivity contribution in [2.24, 2.45) is 11.7 Å². The lowest BCUT2D eigenvalue weighted by molar-refractivity contribution is -0.144. The monoisotopic (exact) mass is 271 g/mol. The Kier molecular flexibility index (Phi) is 5.53. The Hall–Kier alpha value is -0.450. The molecule has 1 aliphatic carbocycles. The van der Waals surface area contributed by atoms with Crippen LogP contribution in [0.2, 0.25) is 0 Å². The Bertz CT molecular complexity index is 295. The van der Waals surface area contributed by atoms with Gasteiger partial charge < -0.3 is 15.6 Å². The molecule has 19 heavy (non-hydrogen) atoms. The molecular formula is C15H29NO3. The van der Waals surface area contributed by atoms with Crippen molar-refractivity contribution in [1.82, 2.24) is 0 Å². The fourth-order valence-corrected chi connectivity index (χ4v) is 2.52. The third-order valence-corrected chi connectivity index (χ3v) is 3.87. The molecule has 0 saturated heterocycles. The minimum atomic E-state index is -1.36. The summed E-state index contributed by atoms with van der Waals surface area (Å²) in [6, 6.07) is 0. The molecule has 0 spiro atoms. The van der Waals surface area contributed by atoms with E-state index in [1.165, 1.54) is 33.1 Å². The number of carbonyl (C=O) groups excluding carboxylic acids is 1. The van der Waals surface area contributed by atoms with Crippen molar-refractivity contribution in [3.63, 3.8) is 0 Å². The van der Waals surface area contributed by atoms with E-state index in [-0.39, 0.29) is 11.9 Å². The summed E-state index contributed by atoms with van der Waals surface area (Å²) in [4.78, 5) is 12.3. The van der Waals surface area contributed by atoms with Gasteiger partial charge in [0, 0.05) is 5.54 Å². The van der Waals surface area contributed by atoms with Crippen molar-refractivity contribution in [1.29, 1.82) is 0 Å². The van der Waals surface area contributed by atoms with Gasteiger partial charge in [-0.1, -0.05) is 19.3 Å². The van der Waals surface area contributed by atoms with Crippen LogP contribution >= 0.6 is 0 Å². The van der Waals surface area contributed by atoms with Crippen LogP contribution in [0.3, 0.4) is 0 Å². The van der Waals surface area contributed by atoms with Crippen LogP contribution in [0.5, 0.6) is 0 Å². The number of rotatable bonds is 6. The Morgan fingerprint density at radius 1 is 1.26 bits per heavy atom. The zero-order valence-electron chi connectivity index (χ0n) is 12.7. The van der Waals surface area contributed by atoms with Gasteiger partial charge in [-0.3, -0.25) is 4.79 Å². The molecule has 1 aliphatic rings. The molecule has 3 N–H and O–H groups in total. The molecule has 0 amide bonds. The first kappa shape index (κ1) is 16.6. The van der Waals surface area contributed by atoms with Crippen LogP contribution in [0.25, 0.3) is 0 Å². The third kappa shape index (κ3) is 5.21. The predicted molar refractivity (Wildman–Crippen MR) is 75.9 cm³/mol. The average molecular weight is 271 g/mol. The first-order valence-corrected chi connectivity index (χ1v) is 7.29. The second-order valence-electron chi connectivity index (χ2n) is 6.89. The summed E-state index contributed by atoms with van der Waals surface area (Å²) in [6.45, 7) is 6.94. The average Bonchev–Trinajstić information content (AvgIpc) is 2.27. The van der Waals surface area contributed by atoms with Crippen LogP contribution in [-0.4, -0.2) is 34.7 Å². The molecule has 0 aromatic carbocycles. The van der Waals surface area contributed by atoms with Gasteiger partial charge in [-0.25, -0.2) is 0 Å². The van der Waals surface area contributed by atoms with Crippen molar-refractivity contribution in [2.45, 2.75) is 77.0 Å². The quantitative estimate of drug-likeness (QED) is 0.775. The number of ketones is 1. The topological polar surface area (TPSA) is 72.5 Å². The van der Waals surface area contributed by atoms with Crippen molar-refractivity contribution >= 4 is 5.78 Å². The van der Waals surface area contributed by atoms with Crippen molar-refractivity contribution in [2.75, 3.05) is 6.61 Å². The van der Waals surface area contributed by atoms with E-state index in [4.69, 9.17) is 10.5 Å². The van der Waals surface area contributed by atoms with Gasteiger partial charge in [0.25, 0.3) is 0 Å². The number of aliphatic hydroxyl groups is 1. The van der Waals surface area contributed by atoms with Crippen molar-refractivity contribution < 1.29 is 14.6 Å². The second-order valence-corrected chi connectivity index (χ2v) is 6.89. The smallest absolute Gasteiger partial charge is 0.170 e. The normalized spacial score (nSPS) is 20.3. The number of nitrogens with two attached hydrogens (primary N) is 1. The maximum absolute atomic E-state index is 12.3. The van der Waals surface area contributed by atoms with Crippen LogP contribution < -0.4 is 5.73 Å². The summed E-state index contributed by atoms with van der Waals surface area (Å²) in [6.07, 6.45) is 6.03. The largest absolute Gasteiger partial charge is 0.383 e. The molecular weight excluding hydrogens is 242 g/mol. The molecule has 0 aromatic heterocycles. The highest BCUT2D eigenvalue weighted by Gasteiger charge is 2.39. The van der Waals surface area contributed by atoms with E-state index in [0.717, 1.165) is 12.8 Å². The molecule has 4 nitrogen and oxygen atoms in total. The van der Waals surface area contributed by atoms with E-state index in [1.54, 1.807) is 0 Å². The van der Waals surface area contributed by atoms with Gasteiger partial charge in [0.2, 0.25) is 0 Å². The minimum absolute atomic E-state index is 0.240. The first-order valence-electron chi connectivity index (χ1n) is 7.29. The van der Waals surface area contributed by atoms with E-state index in [0.29, 0.717) is 6.61 Å². The van der Waals surface area contributed by atoms with Gasteiger partial charge in [0.15, 0.2) is 5.78 Å². The number of carbonyl (C=O) groups is 1. The number of hydrogen-bond donors (Lipinski definition) is 2. The van der Waals surface area contributed by atoms with Gasteiger partial charge in [-0.05, 0) is 40.5 Å². The fraction of sp³-hybridized carbons (Fsp3) is 0.933. The number of Topliss-reactive ketones (excluding diaryl/α,β-unsaturated/α-hetero) is 1. The Labute approximate surface area is 116 Å². The van der Waals surface area contributed by atoms with E-state index >= 15 is 0 Å². The summed E-state index contributed by atoms with van der Waals surface area (Å²) in [5.41, 5.74) is 4.03. The van der Waals surface area contributed by atoms with Crippen LogP contribution in [0.1, 0.15) is 59.8 Å². The molecule has 0 radical (unpaired) electrons.